The molecule has 5 nitrogen and oxygen atoms in total. The lowest BCUT2D eigenvalue weighted by Crippen LogP contribution is -2.51. The van der Waals surface area contributed by atoms with Crippen molar-refractivity contribution in [2.75, 3.05) is 30.7 Å². The second-order valence-electron chi connectivity index (χ2n) is 5.42. The third kappa shape index (κ3) is 4.15. The van der Waals surface area contributed by atoms with E-state index in [1.54, 1.807) is 0 Å². The molecule has 1 saturated heterocycles. The van der Waals surface area contributed by atoms with Gasteiger partial charge in [-0.15, -0.1) is 0 Å². The number of anilines is 2. The predicted octanol–water partition coefficient (Wildman–Crippen LogP) is 1.85. The Balaban J connectivity index is 1.98. The summed E-state index contributed by atoms with van der Waals surface area (Å²) in [5, 5.41) is 2.58. The molecule has 1 heterocycles. The van der Waals surface area contributed by atoms with Crippen molar-refractivity contribution in [3.63, 3.8) is 0 Å². The van der Waals surface area contributed by atoms with Crippen LogP contribution in [0.3, 0.4) is 0 Å². The van der Waals surface area contributed by atoms with Crippen LogP contribution in [0.15, 0.2) is 18.2 Å². The van der Waals surface area contributed by atoms with Crippen molar-refractivity contribution >= 4 is 17.3 Å². The number of nitrogens with one attached hydrogen (secondary N) is 1. The Morgan fingerprint density at radius 2 is 2.33 bits per heavy atom. The Hall–Kier alpha value is -1.66. The van der Waals surface area contributed by atoms with E-state index in [1.807, 2.05) is 6.92 Å². The number of nitrogens with zero attached hydrogens (tertiary/aromatic N) is 1. The summed E-state index contributed by atoms with van der Waals surface area (Å²) in [6.45, 7) is 5.59. The molecule has 1 aliphatic rings. The first kappa shape index (κ1) is 15.7. The highest BCUT2D eigenvalue weighted by Crippen LogP contribution is 2.18. The molecule has 0 saturated carbocycles. The van der Waals surface area contributed by atoms with Crippen molar-refractivity contribution in [1.82, 2.24) is 4.90 Å². The first-order valence-corrected chi connectivity index (χ1v) is 7.20. The molecule has 0 bridgehead atoms. The topological polar surface area (TPSA) is 67.6 Å². The number of hydrogen-bond acceptors (Lipinski definition) is 4. The number of halogens is 1. The van der Waals surface area contributed by atoms with Gasteiger partial charge in [-0.3, -0.25) is 9.69 Å². The molecule has 1 aromatic carbocycles. The molecular weight excluding hydrogens is 273 g/mol. The van der Waals surface area contributed by atoms with Crippen LogP contribution in [0.4, 0.5) is 15.8 Å². The summed E-state index contributed by atoms with van der Waals surface area (Å²) in [6, 6.07) is 4.35. The lowest BCUT2D eigenvalue weighted by molar-refractivity contribution is -0.121. The minimum atomic E-state index is -0.486. The maximum absolute atomic E-state index is 13.6. The number of morpholine rings is 1. The van der Waals surface area contributed by atoms with Crippen molar-refractivity contribution in [2.24, 2.45) is 0 Å². The number of benzene rings is 1. The molecule has 1 fully saturated rings. The van der Waals surface area contributed by atoms with E-state index in [0.29, 0.717) is 18.8 Å². The zero-order valence-electron chi connectivity index (χ0n) is 12.4. The molecule has 0 aliphatic carbocycles. The van der Waals surface area contributed by atoms with Crippen molar-refractivity contribution in [1.29, 1.82) is 0 Å². The van der Waals surface area contributed by atoms with Crippen LogP contribution in [0.1, 0.15) is 20.3 Å². The monoisotopic (exact) mass is 295 g/mol. The lowest BCUT2D eigenvalue weighted by Gasteiger charge is -2.37. The molecule has 1 aromatic rings. The third-order valence-corrected chi connectivity index (χ3v) is 3.66. The van der Waals surface area contributed by atoms with Crippen LogP contribution in [0.2, 0.25) is 0 Å². The van der Waals surface area contributed by atoms with E-state index in [2.05, 4.69) is 17.1 Å². The van der Waals surface area contributed by atoms with Crippen LogP contribution in [0, 0.1) is 5.82 Å². The van der Waals surface area contributed by atoms with Crippen molar-refractivity contribution in [3.8, 4) is 0 Å². The zero-order chi connectivity index (χ0) is 15.4. The number of carbonyl (C=O) groups excluding carboxylic acids is 1. The quantitative estimate of drug-likeness (QED) is 0.832. The fraction of sp³-hybridized carbons (Fsp3) is 0.533. The fourth-order valence-electron chi connectivity index (χ4n) is 2.50. The van der Waals surface area contributed by atoms with E-state index in [-0.39, 0.29) is 30.3 Å². The third-order valence-electron chi connectivity index (χ3n) is 3.66. The predicted molar refractivity (Wildman–Crippen MR) is 80.5 cm³/mol. The summed E-state index contributed by atoms with van der Waals surface area (Å²) in [6.07, 6.45) is 1.01. The molecule has 1 amide bonds. The van der Waals surface area contributed by atoms with Crippen molar-refractivity contribution in [3.05, 3.63) is 24.0 Å². The molecule has 6 heteroatoms. The van der Waals surface area contributed by atoms with Crippen LogP contribution in [0.5, 0.6) is 0 Å². The first-order valence-electron chi connectivity index (χ1n) is 7.20. The maximum Gasteiger partial charge on any atom is 0.238 e. The van der Waals surface area contributed by atoms with Crippen LogP contribution in [-0.2, 0) is 9.53 Å². The largest absolute Gasteiger partial charge is 0.399 e. The number of rotatable bonds is 4. The van der Waals surface area contributed by atoms with Crippen LogP contribution in [0.25, 0.3) is 0 Å². The number of hydrogen-bond donors (Lipinski definition) is 2. The Morgan fingerprint density at radius 1 is 1.57 bits per heavy atom. The standard InChI is InChI=1S/C15H22FN3O2/c1-3-12-9-21-10(2)7-19(12)8-15(20)18-14-6-11(17)4-5-13(14)16/h4-6,10,12H,3,7-9,17H2,1-2H3,(H,18,20). The van der Waals surface area contributed by atoms with Crippen molar-refractivity contribution < 1.29 is 13.9 Å². The Labute approximate surface area is 124 Å². The number of nitrogens with two attached hydrogens (primary N) is 1. The van der Waals surface area contributed by atoms with E-state index in [0.717, 1.165) is 6.42 Å². The van der Waals surface area contributed by atoms with Gasteiger partial charge < -0.3 is 15.8 Å². The second kappa shape index (κ2) is 6.87. The van der Waals surface area contributed by atoms with Gasteiger partial charge in [0.15, 0.2) is 0 Å². The van der Waals surface area contributed by atoms with E-state index >= 15 is 0 Å². The smallest absolute Gasteiger partial charge is 0.238 e. The summed E-state index contributed by atoms with van der Waals surface area (Å²) in [7, 11) is 0. The maximum atomic E-state index is 13.6. The van der Waals surface area contributed by atoms with Gasteiger partial charge in [-0.1, -0.05) is 6.92 Å². The Kier molecular flexibility index (Phi) is 5.14. The fourth-order valence-corrected chi connectivity index (χ4v) is 2.50. The molecule has 3 N–H and O–H groups in total. The molecule has 21 heavy (non-hydrogen) atoms. The van der Waals surface area contributed by atoms with E-state index < -0.39 is 5.82 Å². The summed E-state index contributed by atoms with van der Waals surface area (Å²) in [5.41, 5.74) is 6.14. The molecule has 0 radical (unpaired) electrons. The minimum absolute atomic E-state index is 0.102. The second-order valence-corrected chi connectivity index (χ2v) is 5.42. The highest BCUT2D eigenvalue weighted by Gasteiger charge is 2.27. The molecule has 2 unspecified atom stereocenters. The SMILES string of the molecule is CCC1COC(C)CN1CC(=O)Nc1cc(N)ccc1F. The molecule has 0 spiro atoms. The lowest BCUT2D eigenvalue weighted by atomic mass is 10.1. The molecule has 2 rings (SSSR count). The van der Waals surface area contributed by atoms with Crippen LogP contribution in [-0.4, -0.2) is 42.6 Å². The van der Waals surface area contributed by atoms with E-state index in [4.69, 9.17) is 10.5 Å². The minimum Gasteiger partial charge on any atom is -0.399 e. The van der Waals surface area contributed by atoms with Gasteiger partial charge >= 0.3 is 0 Å². The summed E-state index contributed by atoms with van der Waals surface area (Å²) in [4.78, 5) is 14.2. The Bertz CT molecular complexity index is 510. The van der Waals surface area contributed by atoms with Gasteiger partial charge in [-0.05, 0) is 31.5 Å². The van der Waals surface area contributed by atoms with Crippen LogP contribution >= 0.6 is 0 Å². The van der Waals surface area contributed by atoms with Gasteiger partial charge in [-0.25, -0.2) is 4.39 Å². The average Bonchev–Trinajstić information content (AvgIpc) is 2.43. The number of amides is 1. The molecule has 2 atom stereocenters. The molecular formula is C15H22FN3O2. The van der Waals surface area contributed by atoms with E-state index in [9.17, 15) is 9.18 Å². The highest BCUT2D eigenvalue weighted by atomic mass is 19.1. The number of carbonyl (C=O) groups is 1. The van der Waals surface area contributed by atoms with E-state index in [1.165, 1.54) is 18.2 Å². The number of nitrogen functional groups attached to an aromatic ring is 1. The number of ether oxygens (including phenoxy) is 1. The summed E-state index contributed by atoms with van der Waals surface area (Å²) >= 11 is 0. The molecule has 116 valence electrons. The zero-order valence-corrected chi connectivity index (χ0v) is 12.4. The van der Waals surface area contributed by atoms with Crippen LogP contribution < -0.4 is 11.1 Å². The van der Waals surface area contributed by atoms with Gasteiger partial charge in [0.25, 0.3) is 0 Å². The Morgan fingerprint density at radius 3 is 3.05 bits per heavy atom. The normalized spacial score (nSPS) is 23.0. The van der Waals surface area contributed by atoms with Gasteiger partial charge in [0.2, 0.25) is 5.91 Å². The highest BCUT2D eigenvalue weighted by molar-refractivity contribution is 5.92. The van der Waals surface area contributed by atoms with Crippen molar-refractivity contribution in [2.45, 2.75) is 32.4 Å². The van der Waals surface area contributed by atoms with Gasteiger partial charge in [0, 0.05) is 18.3 Å². The molecule has 1 aliphatic heterocycles. The van der Waals surface area contributed by atoms with Gasteiger partial charge in [-0.2, -0.15) is 0 Å². The average molecular weight is 295 g/mol. The summed E-state index contributed by atoms with van der Waals surface area (Å²) in [5.74, 6) is -0.730. The van der Waals surface area contributed by atoms with Gasteiger partial charge in [0.1, 0.15) is 5.82 Å². The first-order chi connectivity index (χ1) is 9.99. The van der Waals surface area contributed by atoms with Gasteiger partial charge in [0.05, 0.1) is 24.9 Å². The molecule has 0 aromatic heterocycles. The summed E-state index contributed by atoms with van der Waals surface area (Å²) < 4.78 is 19.2.